The van der Waals surface area contributed by atoms with Gasteiger partial charge in [-0.3, -0.25) is 4.79 Å². The molecule has 0 spiro atoms. The predicted octanol–water partition coefficient (Wildman–Crippen LogP) is 3.68. The van der Waals surface area contributed by atoms with Crippen molar-refractivity contribution in [3.8, 4) is 11.5 Å². The van der Waals surface area contributed by atoms with Crippen molar-refractivity contribution >= 4 is 5.97 Å². The lowest BCUT2D eigenvalue weighted by molar-refractivity contribution is -0.143. The molecule has 0 amide bonds. The fourth-order valence-corrected chi connectivity index (χ4v) is 2.40. The number of carbonyl (C=O) groups excluding carboxylic acids is 1. The summed E-state index contributed by atoms with van der Waals surface area (Å²) >= 11 is 0. The number of carbonyl (C=O) groups is 1. The average Bonchev–Trinajstić information content (AvgIpc) is 3.30. The van der Waals surface area contributed by atoms with Crippen LogP contribution in [0, 0.1) is 0 Å². The molecule has 0 radical (unpaired) electrons. The monoisotopic (exact) mass is 268 g/mol. The zero-order valence-electron chi connectivity index (χ0n) is 11.3. The van der Waals surface area contributed by atoms with Gasteiger partial charge in [-0.2, -0.15) is 0 Å². The molecule has 0 bridgehead atoms. The van der Waals surface area contributed by atoms with E-state index in [9.17, 15) is 4.79 Å². The summed E-state index contributed by atoms with van der Waals surface area (Å²) in [6, 6.07) is 17.3. The third-order valence-electron chi connectivity index (χ3n) is 3.71. The Labute approximate surface area is 118 Å². The summed E-state index contributed by atoms with van der Waals surface area (Å²) in [4.78, 5) is 11.8. The Bertz CT molecular complexity index is 598. The van der Waals surface area contributed by atoms with Crippen molar-refractivity contribution in [2.45, 2.75) is 18.3 Å². The highest BCUT2D eigenvalue weighted by Gasteiger charge is 2.52. The molecule has 3 rings (SSSR count). The zero-order valence-corrected chi connectivity index (χ0v) is 11.3. The van der Waals surface area contributed by atoms with Gasteiger partial charge in [0.15, 0.2) is 0 Å². The Morgan fingerprint density at radius 2 is 1.55 bits per heavy atom. The Morgan fingerprint density at radius 1 is 0.950 bits per heavy atom. The minimum atomic E-state index is -0.417. The first-order valence-corrected chi connectivity index (χ1v) is 6.66. The predicted molar refractivity (Wildman–Crippen MR) is 75.9 cm³/mol. The molecule has 0 saturated heterocycles. The van der Waals surface area contributed by atoms with Crippen LogP contribution in [0.1, 0.15) is 18.4 Å². The van der Waals surface area contributed by atoms with Crippen molar-refractivity contribution < 1.29 is 14.3 Å². The number of para-hydroxylation sites is 1. The van der Waals surface area contributed by atoms with Gasteiger partial charge in [-0.15, -0.1) is 0 Å². The third-order valence-corrected chi connectivity index (χ3v) is 3.71. The summed E-state index contributed by atoms with van der Waals surface area (Å²) in [6.07, 6.45) is 1.72. The van der Waals surface area contributed by atoms with E-state index in [0.717, 1.165) is 29.9 Å². The number of hydrogen-bond donors (Lipinski definition) is 0. The molecule has 102 valence electrons. The van der Waals surface area contributed by atoms with E-state index in [1.807, 2.05) is 54.6 Å². The minimum absolute atomic E-state index is 0.144. The molecule has 1 aliphatic rings. The summed E-state index contributed by atoms with van der Waals surface area (Å²) in [5.74, 6) is 1.42. The van der Waals surface area contributed by atoms with Gasteiger partial charge in [0.25, 0.3) is 0 Å². The van der Waals surface area contributed by atoms with Crippen LogP contribution in [-0.2, 0) is 14.9 Å². The molecule has 3 heteroatoms. The molecule has 1 fully saturated rings. The van der Waals surface area contributed by atoms with Gasteiger partial charge >= 0.3 is 5.97 Å². The summed E-state index contributed by atoms with van der Waals surface area (Å²) in [6.45, 7) is 0. The maximum absolute atomic E-state index is 11.8. The number of esters is 1. The number of rotatable bonds is 4. The van der Waals surface area contributed by atoms with Crippen LogP contribution < -0.4 is 4.74 Å². The van der Waals surface area contributed by atoms with E-state index in [1.54, 1.807) is 0 Å². The van der Waals surface area contributed by atoms with E-state index in [-0.39, 0.29) is 5.97 Å². The van der Waals surface area contributed by atoms with E-state index in [2.05, 4.69) is 0 Å². The molecular weight excluding hydrogens is 252 g/mol. The molecule has 0 unspecified atom stereocenters. The molecular formula is C17H16O3. The second kappa shape index (κ2) is 5.00. The lowest BCUT2D eigenvalue weighted by Gasteiger charge is -2.13. The highest BCUT2D eigenvalue weighted by atomic mass is 16.5. The molecule has 3 nitrogen and oxygen atoms in total. The van der Waals surface area contributed by atoms with Gasteiger partial charge in [0.05, 0.1) is 12.5 Å². The molecule has 2 aromatic carbocycles. The normalized spacial score (nSPS) is 15.4. The van der Waals surface area contributed by atoms with Crippen LogP contribution >= 0.6 is 0 Å². The number of benzene rings is 2. The van der Waals surface area contributed by atoms with Crippen molar-refractivity contribution in [1.82, 2.24) is 0 Å². The Hall–Kier alpha value is -2.29. The Balaban J connectivity index is 1.77. The van der Waals surface area contributed by atoms with Gasteiger partial charge in [0.1, 0.15) is 11.5 Å². The Kier molecular flexibility index (Phi) is 3.18. The van der Waals surface area contributed by atoms with Gasteiger partial charge in [0, 0.05) is 0 Å². The fraction of sp³-hybridized carbons (Fsp3) is 0.235. The molecule has 0 atom stereocenters. The number of methoxy groups -OCH3 is 1. The summed E-state index contributed by atoms with van der Waals surface area (Å²) in [5, 5.41) is 0. The van der Waals surface area contributed by atoms with Crippen molar-refractivity contribution in [3.63, 3.8) is 0 Å². The van der Waals surface area contributed by atoms with E-state index >= 15 is 0 Å². The van der Waals surface area contributed by atoms with Crippen LogP contribution in [0.5, 0.6) is 11.5 Å². The van der Waals surface area contributed by atoms with E-state index in [4.69, 9.17) is 9.47 Å². The molecule has 0 aliphatic heterocycles. The van der Waals surface area contributed by atoms with Crippen molar-refractivity contribution in [1.29, 1.82) is 0 Å². The molecule has 2 aromatic rings. The van der Waals surface area contributed by atoms with Gasteiger partial charge in [-0.05, 0) is 42.7 Å². The SMILES string of the molecule is COC(=O)C1(c2ccc(Oc3ccccc3)cc2)CC1. The van der Waals surface area contributed by atoms with Crippen LogP contribution in [0.2, 0.25) is 0 Å². The van der Waals surface area contributed by atoms with Crippen LogP contribution in [0.4, 0.5) is 0 Å². The summed E-state index contributed by atoms with van der Waals surface area (Å²) in [5.41, 5.74) is 0.588. The van der Waals surface area contributed by atoms with E-state index in [1.165, 1.54) is 7.11 Å². The average molecular weight is 268 g/mol. The first-order chi connectivity index (χ1) is 9.74. The third kappa shape index (κ3) is 2.27. The smallest absolute Gasteiger partial charge is 0.316 e. The minimum Gasteiger partial charge on any atom is -0.468 e. The number of ether oxygens (including phenoxy) is 2. The standard InChI is InChI=1S/C17H16O3/c1-19-16(18)17(11-12-17)13-7-9-15(10-8-13)20-14-5-3-2-4-6-14/h2-10H,11-12H2,1H3. The maximum atomic E-state index is 11.8. The van der Waals surface area contributed by atoms with Crippen molar-refractivity contribution in [2.75, 3.05) is 7.11 Å². The van der Waals surface area contributed by atoms with Crippen molar-refractivity contribution in [3.05, 3.63) is 60.2 Å². The molecule has 1 aliphatic carbocycles. The summed E-state index contributed by atoms with van der Waals surface area (Å²) < 4.78 is 10.6. The lowest BCUT2D eigenvalue weighted by atomic mass is 9.96. The van der Waals surface area contributed by atoms with E-state index in [0.29, 0.717) is 0 Å². The topological polar surface area (TPSA) is 35.5 Å². The molecule has 0 heterocycles. The van der Waals surface area contributed by atoms with Crippen LogP contribution in [0.3, 0.4) is 0 Å². The number of hydrogen-bond acceptors (Lipinski definition) is 3. The lowest BCUT2D eigenvalue weighted by Crippen LogP contribution is -2.21. The van der Waals surface area contributed by atoms with Gasteiger partial charge in [0.2, 0.25) is 0 Å². The second-order valence-electron chi connectivity index (χ2n) is 5.01. The second-order valence-corrected chi connectivity index (χ2v) is 5.01. The highest BCUT2D eigenvalue weighted by molar-refractivity contribution is 5.86. The molecule has 20 heavy (non-hydrogen) atoms. The molecule has 0 N–H and O–H groups in total. The highest BCUT2D eigenvalue weighted by Crippen LogP contribution is 2.49. The fourth-order valence-electron chi connectivity index (χ4n) is 2.40. The quantitative estimate of drug-likeness (QED) is 0.793. The van der Waals surface area contributed by atoms with Crippen molar-refractivity contribution in [2.24, 2.45) is 0 Å². The van der Waals surface area contributed by atoms with E-state index < -0.39 is 5.41 Å². The summed E-state index contributed by atoms with van der Waals surface area (Å²) in [7, 11) is 1.44. The van der Waals surface area contributed by atoms with Gasteiger partial charge in [-0.25, -0.2) is 0 Å². The molecule has 1 saturated carbocycles. The molecule has 0 aromatic heterocycles. The van der Waals surface area contributed by atoms with Gasteiger partial charge < -0.3 is 9.47 Å². The van der Waals surface area contributed by atoms with Crippen LogP contribution in [-0.4, -0.2) is 13.1 Å². The maximum Gasteiger partial charge on any atom is 0.316 e. The largest absolute Gasteiger partial charge is 0.468 e. The van der Waals surface area contributed by atoms with Gasteiger partial charge in [-0.1, -0.05) is 30.3 Å². The first kappa shape index (κ1) is 12.7. The Morgan fingerprint density at radius 3 is 2.10 bits per heavy atom. The first-order valence-electron chi connectivity index (χ1n) is 6.66. The van der Waals surface area contributed by atoms with Crippen LogP contribution in [0.25, 0.3) is 0 Å². The zero-order chi connectivity index (χ0) is 14.0. The van der Waals surface area contributed by atoms with Crippen LogP contribution in [0.15, 0.2) is 54.6 Å².